The first-order valence-corrected chi connectivity index (χ1v) is 3.10. The van der Waals surface area contributed by atoms with E-state index >= 15 is 0 Å². The SMILES string of the molecule is Cl.Oc1cccc(Cl)c1Cl. The van der Waals surface area contributed by atoms with Crippen LogP contribution in [-0.4, -0.2) is 5.11 Å². The third kappa shape index (κ3) is 1.94. The third-order valence-electron chi connectivity index (χ3n) is 0.931. The molecule has 4 heteroatoms. The highest BCUT2D eigenvalue weighted by Gasteiger charge is 1.99. The summed E-state index contributed by atoms with van der Waals surface area (Å²) in [5, 5.41) is 9.46. The molecule has 0 spiro atoms. The molecule has 0 fully saturated rings. The Morgan fingerprint density at radius 3 is 2.20 bits per heavy atom. The lowest BCUT2D eigenvalue weighted by Gasteiger charge is -1.95. The van der Waals surface area contributed by atoms with Crippen LogP contribution in [-0.2, 0) is 0 Å². The molecule has 0 saturated heterocycles. The highest BCUT2D eigenvalue weighted by atomic mass is 35.5. The summed E-state index contributed by atoms with van der Waals surface area (Å²) in [4.78, 5) is 0. The zero-order valence-corrected chi connectivity index (χ0v) is 7.17. The molecule has 10 heavy (non-hydrogen) atoms. The summed E-state index contributed by atoms with van der Waals surface area (Å²) in [6.45, 7) is 0. The van der Waals surface area contributed by atoms with Gasteiger partial charge in [-0.15, -0.1) is 12.4 Å². The van der Waals surface area contributed by atoms with Crippen molar-refractivity contribution in [3.63, 3.8) is 0 Å². The van der Waals surface area contributed by atoms with E-state index in [9.17, 15) is 0 Å². The Bertz CT molecular complexity index is 204. The van der Waals surface area contributed by atoms with E-state index in [0.29, 0.717) is 5.02 Å². The highest BCUT2D eigenvalue weighted by molar-refractivity contribution is 6.42. The maximum atomic E-state index is 8.88. The van der Waals surface area contributed by atoms with Crippen molar-refractivity contribution in [3.8, 4) is 5.75 Å². The Hall–Kier alpha value is -0.110. The predicted molar refractivity (Wildman–Crippen MR) is 45.4 cm³/mol. The number of rotatable bonds is 0. The molecule has 0 aliphatic rings. The van der Waals surface area contributed by atoms with E-state index in [0.717, 1.165) is 0 Å². The second kappa shape index (κ2) is 3.91. The Labute approximate surface area is 75.0 Å². The summed E-state index contributed by atoms with van der Waals surface area (Å²) in [5.74, 6) is 0.0177. The Morgan fingerprint density at radius 1 is 1.20 bits per heavy atom. The second-order valence-electron chi connectivity index (χ2n) is 1.57. The van der Waals surface area contributed by atoms with Crippen LogP contribution in [0, 0.1) is 0 Å². The van der Waals surface area contributed by atoms with Gasteiger partial charge in [0.2, 0.25) is 0 Å². The van der Waals surface area contributed by atoms with Gasteiger partial charge in [0, 0.05) is 0 Å². The van der Waals surface area contributed by atoms with Crippen LogP contribution in [0.3, 0.4) is 0 Å². The van der Waals surface area contributed by atoms with Gasteiger partial charge in [0.1, 0.15) is 10.8 Å². The van der Waals surface area contributed by atoms with E-state index in [-0.39, 0.29) is 23.2 Å². The molecule has 0 bridgehead atoms. The fourth-order valence-corrected chi connectivity index (χ4v) is 0.788. The van der Waals surface area contributed by atoms with Gasteiger partial charge in [-0.3, -0.25) is 0 Å². The van der Waals surface area contributed by atoms with Gasteiger partial charge < -0.3 is 5.11 Å². The molecular weight excluding hydrogens is 194 g/mol. The fraction of sp³-hybridized carbons (Fsp3) is 0. The quantitative estimate of drug-likeness (QED) is 0.681. The molecule has 0 atom stereocenters. The molecule has 1 rings (SSSR count). The molecule has 0 unspecified atom stereocenters. The summed E-state index contributed by atoms with van der Waals surface area (Å²) in [5.41, 5.74) is 0. The maximum Gasteiger partial charge on any atom is 0.135 e. The van der Waals surface area contributed by atoms with Crippen molar-refractivity contribution < 1.29 is 5.11 Å². The molecule has 0 radical (unpaired) electrons. The first-order chi connectivity index (χ1) is 4.22. The normalized spacial score (nSPS) is 8.60. The van der Waals surface area contributed by atoms with Crippen molar-refractivity contribution in [2.24, 2.45) is 0 Å². The summed E-state index contributed by atoms with van der Waals surface area (Å²) in [6, 6.07) is 4.72. The largest absolute Gasteiger partial charge is 0.506 e. The van der Waals surface area contributed by atoms with Gasteiger partial charge >= 0.3 is 0 Å². The molecule has 0 saturated carbocycles. The van der Waals surface area contributed by atoms with Crippen molar-refractivity contribution in [2.45, 2.75) is 0 Å². The van der Waals surface area contributed by atoms with Gasteiger partial charge in [0.05, 0.1) is 5.02 Å². The van der Waals surface area contributed by atoms with Crippen LogP contribution in [0.2, 0.25) is 10.0 Å². The van der Waals surface area contributed by atoms with E-state index < -0.39 is 0 Å². The van der Waals surface area contributed by atoms with Crippen LogP contribution in [0.5, 0.6) is 5.75 Å². The monoisotopic (exact) mass is 198 g/mol. The Balaban J connectivity index is 0.000000810. The zero-order chi connectivity index (χ0) is 6.85. The van der Waals surface area contributed by atoms with Gasteiger partial charge in [-0.1, -0.05) is 29.3 Å². The van der Waals surface area contributed by atoms with Gasteiger partial charge in [-0.2, -0.15) is 0 Å². The number of aromatic hydroxyl groups is 1. The average Bonchev–Trinajstić information content (AvgIpc) is 1.83. The van der Waals surface area contributed by atoms with Crippen LogP contribution in [0.4, 0.5) is 0 Å². The van der Waals surface area contributed by atoms with Gasteiger partial charge in [-0.25, -0.2) is 0 Å². The highest BCUT2D eigenvalue weighted by Crippen LogP contribution is 2.29. The minimum atomic E-state index is 0. The van der Waals surface area contributed by atoms with Gasteiger partial charge in [0.15, 0.2) is 0 Å². The van der Waals surface area contributed by atoms with E-state index in [2.05, 4.69) is 0 Å². The molecule has 0 heterocycles. The number of phenols is 1. The van der Waals surface area contributed by atoms with E-state index in [1.54, 1.807) is 12.1 Å². The fourth-order valence-electron chi connectivity index (χ4n) is 0.492. The summed E-state index contributed by atoms with van der Waals surface area (Å²) in [6.07, 6.45) is 0. The maximum absolute atomic E-state index is 8.88. The lowest BCUT2D eigenvalue weighted by molar-refractivity contribution is 0.475. The molecule has 56 valence electrons. The predicted octanol–water partition coefficient (Wildman–Crippen LogP) is 3.12. The van der Waals surface area contributed by atoms with Crippen molar-refractivity contribution >= 4 is 35.6 Å². The van der Waals surface area contributed by atoms with Gasteiger partial charge in [0.25, 0.3) is 0 Å². The third-order valence-corrected chi connectivity index (χ3v) is 1.74. The molecular formula is C6H5Cl3O. The van der Waals surface area contributed by atoms with Crippen LogP contribution in [0.15, 0.2) is 18.2 Å². The van der Waals surface area contributed by atoms with Crippen molar-refractivity contribution in [3.05, 3.63) is 28.2 Å². The van der Waals surface area contributed by atoms with Gasteiger partial charge in [-0.05, 0) is 12.1 Å². The summed E-state index contributed by atoms with van der Waals surface area (Å²) in [7, 11) is 0. The number of hydrogen-bond acceptors (Lipinski definition) is 1. The smallest absolute Gasteiger partial charge is 0.135 e. The second-order valence-corrected chi connectivity index (χ2v) is 2.36. The number of halogens is 3. The standard InChI is InChI=1S/C6H4Cl2O.ClH/c7-4-2-1-3-5(9)6(4)8;/h1-3,9H;1H. The first kappa shape index (κ1) is 9.89. The Kier molecular flexibility index (Phi) is 3.87. The van der Waals surface area contributed by atoms with Crippen molar-refractivity contribution in [1.82, 2.24) is 0 Å². The average molecular weight is 199 g/mol. The van der Waals surface area contributed by atoms with Crippen LogP contribution < -0.4 is 0 Å². The zero-order valence-electron chi connectivity index (χ0n) is 4.84. The van der Waals surface area contributed by atoms with Crippen molar-refractivity contribution in [1.29, 1.82) is 0 Å². The molecule has 0 aliphatic carbocycles. The summed E-state index contributed by atoms with van der Waals surface area (Å²) < 4.78 is 0. The van der Waals surface area contributed by atoms with E-state index in [4.69, 9.17) is 28.3 Å². The van der Waals surface area contributed by atoms with Crippen LogP contribution in [0.1, 0.15) is 0 Å². The molecule has 1 N–H and O–H groups in total. The first-order valence-electron chi connectivity index (χ1n) is 2.35. The number of benzene rings is 1. The van der Waals surface area contributed by atoms with Crippen molar-refractivity contribution in [2.75, 3.05) is 0 Å². The topological polar surface area (TPSA) is 20.2 Å². The number of phenolic OH excluding ortho intramolecular Hbond substituents is 1. The van der Waals surface area contributed by atoms with E-state index in [1.165, 1.54) is 6.07 Å². The molecule has 0 aliphatic heterocycles. The minimum absolute atomic E-state index is 0. The lowest BCUT2D eigenvalue weighted by atomic mass is 10.3. The molecule has 1 aromatic rings. The molecule has 0 amide bonds. The molecule has 0 aromatic heterocycles. The molecule has 1 nitrogen and oxygen atoms in total. The minimum Gasteiger partial charge on any atom is -0.506 e. The van der Waals surface area contributed by atoms with E-state index in [1.807, 2.05) is 0 Å². The summed E-state index contributed by atoms with van der Waals surface area (Å²) >= 11 is 11.0. The lowest BCUT2D eigenvalue weighted by Crippen LogP contribution is -1.67. The Morgan fingerprint density at radius 2 is 1.80 bits per heavy atom. The van der Waals surface area contributed by atoms with Crippen LogP contribution in [0.25, 0.3) is 0 Å². The molecule has 1 aromatic carbocycles. The van der Waals surface area contributed by atoms with Crippen LogP contribution >= 0.6 is 35.6 Å². The number of hydrogen-bond donors (Lipinski definition) is 1.